The first-order valence-electron chi connectivity index (χ1n) is 12.8. The summed E-state index contributed by atoms with van der Waals surface area (Å²) in [6, 6.07) is 27.1. The van der Waals surface area contributed by atoms with Crippen molar-refractivity contribution >= 4 is 11.8 Å². The van der Waals surface area contributed by atoms with Crippen LogP contribution in [0.3, 0.4) is 0 Å². The van der Waals surface area contributed by atoms with Crippen LogP contribution in [0.15, 0.2) is 84.9 Å². The van der Waals surface area contributed by atoms with Gasteiger partial charge in [0.25, 0.3) is 0 Å². The highest BCUT2D eigenvalue weighted by Crippen LogP contribution is 2.17. The zero-order chi connectivity index (χ0) is 25.8. The lowest BCUT2D eigenvalue weighted by Gasteiger charge is -2.32. The molecule has 0 fully saturated rings. The summed E-state index contributed by atoms with van der Waals surface area (Å²) < 4.78 is 5.83. The molecule has 0 bridgehead atoms. The van der Waals surface area contributed by atoms with Crippen LogP contribution in [-0.2, 0) is 22.6 Å². The zero-order valence-corrected chi connectivity index (χ0v) is 21.7. The van der Waals surface area contributed by atoms with Crippen molar-refractivity contribution in [3.05, 3.63) is 102 Å². The summed E-state index contributed by atoms with van der Waals surface area (Å²) in [7, 11) is 0. The van der Waals surface area contributed by atoms with Gasteiger partial charge in [-0.3, -0.25) is 9.59 Å². The summed E-state index contributed by atoms with van der Waals surface area (Å²) in [5.74, 6) is 0.629. The van der Waals surface area contributed by atoms with Crippen molar-refractivity contribution in [3.63, 3.8) is 0 Å². The number of carbonyl (C=O) groups excluding carboxylic acids is 2. The van der Waals surface area contributed by atoms with E-state index in [0.717, 1.165) is 23.3 Å². The van der Waals surface area contributed by atoms with Crippen LogP contribution in [0.2, 0.25) is 0 Å². The van der Waals surface area contributed by atoms with Gasteiger partial charge in [-0.15, -0.1) is 0 Å². The molecule has 190 valence electrons. The maximum absolute atomic E-state index is 13.6. The highest BCUT2D eigenvalue weighted by atomic mass is 16.5. The molecule has 3 aromatic rings. The fraction of sp³-hybridized carbons (Fsp3) is 0.355. The van der Waals surface area contributed by atoms with Gasteiger partial charge in [-0.05, 0) is 49.9 Å². The molecule has 5 heteroatoms. The summed E-state index contributed by atoms with van der Waals surface area (Å²) in [5, 5.41) is 3.11. The predicted octanol–water partition coefficient (Wildman–Crippen LogP) is 5.71. The number of rotatable bonds is 13. The lowest BCUT2D eigenvalue weighted by Crippen LogP contribution is -2.52. The molecule has 0 aromatic heterocycles. The van der Waals surface area contributed by atoms with Gasteiger partial charge in [0.2, 0.25) is 11.8 Å². The number of aryl methyl sites for hydroxylation is 1. The van der Waals surface area contributed by atoms with Crippen LogP contribution < -0.4 is 10.1 Å². The molecule has 0 radical (unpaired) electrons. The standard InChI is InChI=1S/C31H38N2O3/c1-4-25(3)32-31(35)29(22-26-12-7-5-8-13-26)33(23-27-14-9-6-10-15-27)30(34)16-11-21-36-28-19-17-24(2)18-20-28/h5-10,12-15,17-20,25,29H,4,11,16,21-23H2,1-3H3,(H,32,35)/t25-,29+/m0/s1. The lowest BCUT2D eigenvalue weighted by molar-refractivity contribution is -0.141. The minimum Gasteiger partial charge on any atom is -0.494 e. The van der Waals surface area contributed by atoms with Crippen LogP contribution >= 0.6 is 0 Å². The summed E-state index contributed by atoms with van der Waals surface area (Å²) >= 11 is 0. The van der Waals surface area contributed by atoms with E-state index in [0.29, 0.717) is 32.4 Å². The molecule has 5 nitrogen and oxygen atoms in total. The van der Waals surface area contributed by atoms with Gasteiger partial charge in [-0.2, -0.15) is 0 Å². The fourth-order valence-electron chi connectivity index (χ4n) is 3.97. The molecule has 3 aromatic carbocycles. The minimum atomic E-state index is -0.605. The predicted molar refractivity (Wildman–Crippen MR) is 145 cm³/mol. The maximum atomic E-state index is 13.6. The Labute approximate surface area is 215 Å². The molecule has 0 saturated carbocycles. The highest BCUT2D eigenvalue weighted by Gasteiger charge is 2.30. The fourth-order valence-corrected chi connectivity index (χ4v) is 3.97. The third kappa shape index (κ3) is 8.56. The Morgan fingerprint density at radius 2 is 1.50 bits per heavy atom. The molecule has 0 aliphatic heterocycles. The van der Waals surface area contributed by atoms with Crippen molar-refractivity contribution in [2.75, 3.05) is 6.61 Å². The average molecular weight is 487 g/mol. The Balaban J connectivity index is 1.76. The Bertz CT molecular complexity index is 1070. The first kappa shape index (κ1) is 27.0. The average Bonchev–Trinajstić information content (AvgIpc) is 2.90. The summed E-state index contributed by atoms with van der Waals surface area (Å²) in [6.45, 7) is 6.88. The SMILES string of the molecule is CC[C@H](C)NC(=O)[C@@H](Cc1ccccc1)N(Cc1ccccc1)C(=O)CCCOc1ccc(C)cc1. The van der Waals surface area contributed by atoms with Crippen molar-refractivity contribution in [1.82, 2.24) is 10.2 Å². The van der Waals surface area contributed by atoms with Gasteiger partial charge in [0.05, 0.1) is 6.61 Å². The third-order valence-electron chi connectivity index (χ3n) is 6.29. The summed E-state index contributed by atoms with van der Waals surface area (Å²) in [5.41, 5.74) is 3.20. The van der Waals surface area contributed by atoms with E-state index in [1.807, 2.05) is 106 Å². The van der Waals surface area contributed by atoms with Crippen molar-refractivity contribution in [3.8, 4) is 5.75 Å². The smallest absolute Gasteiger partial charge is 0.243 e. The molecule has 0 unspecified atom stereocenters. The minimum absolute atomic E-state index is 0.0346. The first-order chi connectivity index (χ1) is 17.5. The molecule has 3 rings (SSSR count). The third-order valence-corrected chi connectivity index (χ3v) is 6.29. The molecule has 0 spiro atoms. The van der Waals surface area contributed by atoms with E-state index in [4.69, 9.17) is 4.74 Å². The Morgan fingerprint density at radius 1 is 0.889 bits per heavy atom. The van der Waals surface area contributed by atoms with Crippen molar-refractivity contribution in [2.24, 2.45) is 0 Å². The second-order valence-electron chi connectivity index (χ2n) is 9.30. The van der Waals surface area contributed by atoms with Gasteiger partial charge in [-0.1, -0.05) is 85.3 Å². The molecule has 2 atom stereocenters. The Morgan fingerprint density at radius 3 is 2.11 bits per heavy atom. The van der Waals surface area contributed by atoms with E-state index in [2.05, 4.69) is 5.32 Å². The van der Waals surface area contributed by atoms with Crippen LogP contribution in [0, 0.1) is 6.92 Å². The number of ether oxygens (including phenoxy) is 1. The normalized spacial score (nSPS) is 12.4. The van der Waals surface area contributed by atoms with Crippen molar-refractivity contribution in [2.45, 2.75) is 65.1 Å². The Kier molecular flexibility index (Phi) is 10.6. The molecule has 2 amide bonds. The number of benzene rings is 3. The van der Waals surface area contributed by atoms with E-state index < -0.39 is 6.04 Å². The number of amides is 2. The van der Waals surface area contributed by atoms with E-state index in [1.54, 1.807) is 4.90 Å². The number of carbonyl (C=O) groups is 2. The van der Waals surface area contributed by atoms with Gasteiger partial charge < -0.3 is 15.0 Å². The zero-order valence-electron chi connectivity index (χ0n) is 21.7. The molecule has 1 N–H and O–H groups in total. The van der Waals surface area contributed by atoms with E-state index in [-0.39, 0.29) is 17.9 Å². The van der Waals surface area contributed by atoms with Gasteiger partial charge in [0.15, 0.2) is 0 Å². The molecule has 0 aliphatic carbocycles. The molecule has 0 saturated heterocycles. The number of nitrogens with zero attached hydrogens (tertiary/aromatic N) is 1. The molecule has 0 aliphatic rings. The van der Waals surface area contributed by atoms with E-state index >= 15 is 0 Å². The van der Waals surface area contributed by atoms with E-state index in [9.17, 15) is 9.59 Å². The number of hydrogen-bond acceptors (Lipinski definition) is 3. The van der Waals surface area contributed by atoms with Crippen LogP contribution in [0.25, 0.3) is 0 Å². The van der Waals surface area contributed by atoms with Gasteiger partial charge in [0, 0.05) is 25.4 Å². The highest BCUT2D eigenvalue weighted by molar-refractivity contribution is 5.88. The monoisotopic (exact) mass is 486 g/mol. The van der Waals surface area contributed by atoms with Crippen molar-refractivity contribution < 1.29 is 14.3 Å². The maximum Gasteiger partial charge on any atom is 0.243 e. The second kappa shape index (κ2) is 14.1. The van der Waals surface area contributed by atoms with Crippen LogP contribution in [0.4, 0.5) is 0 Å². The molecule has 36 heavy (non-hydrogen) atoms. The largest absolute Gasteiger partial charge is 0.494 e. The second-order valence-corrected chi connectivity index (χ2v) is 9.30. The quantitative estimate of drug-likeness (QED) is 0.315. The van der Waals surface area contributed by atoms with E-state index in [1.165, 1.54) is 5.56 Å². The van der Waals surface area contributed by atoms with Gasteiger partial charge in [-0.25, -0.2) is 0 Å². The molecular weight excluding hydrogens is 448 g/mol. The number of hydrogen-bond donors (Lipinski definition) is 1. The van der Waals surface area contributed by atoms with Gasteiger partial charge >= 0.3 is 0 Å². The van der Waals surface area contributed by atoms with Crippen LogP contribution in [0.5, 0.6) is 5.75 Å². The van der Waals surface area contributed by atoms with Crippen LogP contribution in [-0.4, -0.2) is 35.4 Å². The molecule has 0 heterocycles. The molecular formula is C31H38N2O3. The van der Waals surface area contributed by atoms with Crippen LogP contribution in [0.1, 0.15) is 49.8 Å². The first-order valence-corrected chi connectivity index (χ1v) is 12.8. The Hall–Kier alpha value is -3.60. The summed E-state index contributed by atoms with van der Waals surface area (Å²) in [4.78, 5) is 28.8. The summed E-state index contributed by atoms with van der Waals surface area (Å²) in [6.07, 6.45) is 2.16. The lowest BCUT2D eigenvalue weighted by atomic mass is 10.0. The number of nitrogens with one attached hydrogen (secondary N) is 1. The van der Waals surface area contributed by atoms with Gasteiger partial charge in [0.1, 0.15) is 11.8 Å². The topological polar surface area (TPSA) is 58.6 Å². The van der Waals surface area contributed by atoms with Crippen molar-refractivity contribution in [1.29, 1.82) is 0 Å².